The molecule has 0 N–H and O–H groups in total. The Morgan fingerprint density at radius 2 is 1.81 bits per heavy atom. The minimum absolute atomic E-state index is 0.811. The van der Waals surface area contributed by atoms with Gasteiger partial charge in [0.2, 0.25) is 3.83 Å². The maximum Gasteiger partial charge on any atom is 0.203 e. The van der Waals surface area contributed by atoms with Gasteiger partial charge in [-0.25, -0.2) is 4.98 Å². The third-order valence-electron chi connectivity index (χ3n) is 2.40. The van der Waals surface area contributed by atoms with Gasteiger partial charge in [-0.05, 0) is 28.4 Å². The van der Waals surface area contributed by atoms with Crippen molar-refractivity contribution in [2.24, 2.45) is 0 Å². The maximum atomic E-state index is 4.38. The Morgan fingerprint density at radius 3 is 2.56 bits per heavy atom. The molecule has 0 radical (unpaired) electrons. The molecule has 3 aromatic rings. The van der Waals surface area contributed by atoms with E-state index in [4.69, 9.17) is 0 Å². The predicted molar refractivity (Wildman–Crippen MR) is 75.6 cm³/mol. The molecule has 4 heteroatoms. The zero-order valence-electron chi connectivity index (χ0n) is 8.22. The van der Waals surface area contributed by atoms with E-state index < -0.39 is 0 Å². The highest BCUT2D eigenvalue weighted by atomic mass is 127. The van der Waals surface area contributed by atoms with Gasteiger partial charge in [-0.1, -0.05) is 36.4 Å². The van der Waals surface area contributed by atoms with E-state index in [1.807, 2.05) is 0 Å². The molecule has 0 bridgehead atoms. The topological polar surface area (TPSA) is 25.8 Å². The molecule has 0 fully saturated rings. The van der Waals surface area contributed by atoms with E-state index in [1.54, 1.807) is 0 Å². The van der Waals surface area contributed by atoms with E-state index in [1.165, 1.54) is 22.3 Å². The molecule has 0 aliphatic heterocycles. The molecule has 1 aromatic heterocycles. The Morgan fingerprint density at radius 1 is 1.00 bits per heavy atom. The summed E-state index contributed by atoms with van der Waals surface area (Å²) in [5.74, 6) is 0. The molecule has 0 unspecified atom stereocenters. The van der Waals surface area contributed by atoms with Crippen LogP contribution in [-0.2, 0) is 0 Å². The summed E-state index contributed by atoms with van der Waals surface area (Å²) in [7, 11) is 0. The van der Waals surface area contributed by atoms with Crippen LogP contribution < -0.4 is 0 Å². The molecule has 0 aliphatic carbocycles. The van der Waals surface area contributed by atoms with Crippen LogP contribution in [0.25, 0.3) is 21.3 Å². The molecule has 2 aromatic carbocycles. The van der Waals surface area contributed by atoms with E-state index in [-0.39, 0.29) is 0 Å². The van der Waals surface area contributed by atoms with Crippen molar-refractivity contribution in [1.29, 1.82) is 0 Å². The molecule has 0 saturated heterocycles. The molecule has 78 valence electrons. The number of rotatable bonds is 1. The quantitative estimate of drug-likeness (QED) is 0.628. The molecule has 16 heavy (non-hydrogen) atoms. The molecule has 0 aliphatic rings. The van der Waals surface area contributed by atoms with Crippen molar-refractivity contribution >= 4 is 44.9 Å². The fourth-order valence-corrected chi connectivity index (χ4v) is 2.91. The van der Waals surface area contributed by atoms with Crippen molar-refractivity contribution in [3.63, 3.8) is 0 Å². The second-order valence-electron chi connectivity index (χ2n) is 3.43. The molecular weight excluding hydrogens is 331 g/mol. The second-order valence-corrected chi connectivity index (χ2v) is 5.15. The summed E-state index contributed by atoms with van der Waals surface area (Å²) in [6.45, 7) is 0. The average Bonchev–Trinajstić information content (AvgIpc) is 2.75. The summed E-state index contributed by atoms with van der Waals surface area (Å²) < 4.78 is 5.00. The number of aromatic nitrogens is 2. The molecule has 2 nitrogen and oxygen atoms in total. The summed E-state index contributed by atoms with van der Waals surface area (Å²) in [5, 5.41) is 3.48. The van der Waals surface area contributed by atoms with Crippen molar-refractivity contribution in [2.75, 3.05) is 0 Å². The standard InChI is InChI=1S/C12H7IN2S/c13-12-14-11(16-15-12)10-6-5-8-3-1-2-4-9(8)7-10/h1-7H. The van der Waals surface area contributed by atoms with E-state index in [0.29, 0.717) is 0 Å². The molecule has 3 rings (SSSR count). The Bertz CT molecular complexity index is 648. The number of hydrogen-bond acceptors (Lipinski definition) is 3. The van der Waals surface area contributed by atoms with Crippen molar-refractivity contribution in [2.45, 2.75) is 0 Å². The first-order chi connectivity index (χ1) is 7.83. The van der Waals surface area contributed by atoms with Crippen LogP contribution in [0.15, 0.2) is 42.5 Å². The highest BCUT2D eigenvalue weighted by molar-refractivity contribution is 14.1. The summed E-state index contributed by atoms with van der Waals surface area (Å²) >= 11 is 3.58. The summed E-state index contributed by atoms with van der Waals surface area (Å²) in [5.41, 5.74) is 1.14. The minimum Gasteiger partial charge on any atom is -0.210 e. The number of benzene rings is 2. The number of halogens is 1. The SMILES string of the molecule is Ic1nsc(-c2ccc3ccccc3c2)n1. The van der Waals surface area contributed by atoms with Crippen LogP contribution >= 0.6 is 34.1 Å². The Labute approximate surface area is 111 Å². The largest absolute Gasteiger partial charge is 0.210 e. The summed E-state index contributed by atoms with van der Waals surface area (Å²) in [4.78, 5) is 4.38. The van der Waals surface area contributed by atoms with Crippen molar-refractivity contribution < 1.29 is 0 Å². The monoisotopic (exact) mass is 338 g/mol. The fourth-order valence-electron chi connectivity index (χ4n) is 1.65. The number of nitrogens with zero attached hydrogens (tertiary/aromatic N) is 2. The Kier molecular flexibility index (Phi) is 2.61. The van der Waals surface area contributed by atoms with E-state index in [0.717, 1.165) is 14.4 Å². The maximum absolute atomic E-state index is 4.38. The van der Waals surface area contributed by atoms with Gasteiger partial charge in [0.15, 0.2) is 0 Å². The van der Waals surface area contributed by atoms with Crippen molar-refractivity contribution in [3.8, 4) is 10.6 Å². The molecule has 0 amide bonds. The zero-order valence-corrected chi connectivity index (χ0v) is 11.2. The van der Waals surface area contributed by atoms with E-state index >= 15 is 0 Å². The number of fused-ring (bicyclic) bond motifs is 1. The molecule has 0 saturated carbocycles. The van der Waals surface area contributed by atoms with Crippen LogP contribution in [-0.4, -0.2) is 9.36 Å². The van der Waals surface area contributed by atoms with Gasteiger partial charge in [0.05, 0.1) is 0 Å². The van der Waals surface area contributed by atoms with Gasteiger partial charge >= 0.3 is 0 Å². The highest BCUT2D eigenvalue weighted by Crippen LogP contribution is 2.25. The third-order valence-corrected chi connectivity index (χ3v) is 3.97. The lowest BCUT2D eigenvalue weighted by Crippen LogP contribution is -1.78. The van der Waals surface area contributed by atoms with Gasteiger partial charge in [0, 0.05) is 28.2 Å². The first kappa shape index (κ1) is 10.2. The molecular formula is C12H7IN2S. The zero-order chi connectivity index (χ0) is 11.0. The highest BCUT2D eigenvalue weighted by Gasteiger charge is 2.04. The number of hydrogen-bond donors (Lipinski definition) is 0. The summed E-state index contributed by atoms with van der Waals surface area (Å²) in [6, 6.07) is 14.7. The fraction of sp³-hybridized carbons (Fsp3) is 0. The first-order valence-corrected chi connectivity index (χ1v) is 6.66. The van der Waals surface area contributed by atoms with Crippen LogP contribution in [0.4, 0.5) is 0 Å². The lowest BCUT2D eigenvalue weighted by atomic mass is 10.1. The summed E-state index contributed by atoms with van der Waals surface area (Å²) in [6.07, 6.45) is 0. The second kappa shape index (κ2) is 4.10. The predicted octanol–water partition coefficient (Wildman–Crippen LogP) is 3.96. The third kappa shape index (κ3) is 1.82. The molecule has 0 atom stereocenters. The minimum atomic E-state index is 0.811. The smallest absolute Gasteiger partial charge is 0.203 e. The van der Waals surface area contributed by atoms with Gasteiger partial charge in [0.1, 0.15) is 5.01 Å². The van der Waals surface area contributed by atoms with Gasteiger partial charge < -0.3 is 0 Å². The van der Waals surface area contributed by atoms with Gasteiger partial charge in [-0.2, -0.15) is 4.37 Å². The van der Waals surface area contributed by atoms with Gasteiger partial charge in [0.25, 0.3) is 0 Å². The average molecular weight is 338 g/mol. The Balaban J connectivity index is 2.18. The molecule has 0 spiro atoms. The Hall–Kier alpha value is -1.01. The van der Waals surface area contributed by atoms with Crippen LogP contribution in [0.1, 0.15) is 0 Å². The van der Waals surface area contributed by atoms with Gasteiger partial charge in [-0.15, -0.1) is 0 Å². The lowest BCUT2D eigenvalue weighted by molar-refractivity contribution is 1.25. The van der Waals surface area contributed by atoms with Crippen LogP contribution in [0.3, 0.4) is 0 Å². The van der Waals surface area contributed by atoms with E-state index in [2.05, 4.69) is 74.4 Å². The van der Waals surface area contributed by atoms with E-state index in [9.17, 15) is 0 Å². The van der Waals surface area contributed by atoms with Gasteiger partial charge in [-0.3, -0.25) is 0 Å². The lowest BCUT2D eigenvalue weighted by Gasteiger charge is -1.99. The van der Waals surface area contributed by atoms with Crippen molar-refractivity contribution in [3.05, 3.63) is 46.3 Å². The normalized spacial score (nSPS) is 10.8. The van der Waals surface area contributed by atoms with Crippen molar-refractivity contribution in [1.82, 2.24) is 9.36 Å². The van der Waals surface area contributed by atoms with Crippen LogP contribution in [0.5, 0.6) is 0 Å². The van der Waals surface area contributed by atoms with Crippen LogP contribution in [0.2, 0.25) is 0 Å². The first-order valence-electron chi connectivity index (χ1n) is 4.81. The van der Waals surface area contributed by atoms with Crippen LogP contribution in [0, 0.1) is 3.83 Å². The molecule has 1 heterocycles.